The van der Waals surface area contributed by atoms with E-state index in [1.54, 1.807) is 0 Å². The summed E-state index contributed by atoms with van der Waals surface area (Å²) in [7, 11) is 0. The number of hydrogen-bond acceptors (Lipinski definition) is 6. The Labute approximate surface area is 171 Å². The van der Waals surface area contributed by atoms with E-state index in [0.717, 1.165) is 49.2 Å². The first kappa shape index (κ1) is 18.1. The number of pyridine rings is 1. The van der Waals surface area contributed by atoms with E-state index in [1.807, 2.05) is 24.5 Å². The molecule has 1 saturated heterocycles. The van der Waals surface area contributed by atoms with Crippen molar-refractivity contribution in [1.82, 2.24) is 15.0 Å². The highest BCUT2D eigenvalue weighted by atomic mass is 16.5. The predicted molar refractivity (Wildman–Crippen MR) is 115 cm³/mol. The van der Waals surface area contributed by atoms with Crippen LogP contribution in [0.15, 0.2) is 42.7 Å². The molecule has 0 amide bonds. The summed E-state index contributed by atoms with van der Waals surface area (Å²) in [6, 6.07) is 10.6. The molecule has 4 heterocycles. The molecule has 1 fully saturated rings. The fraction of sp³-hybridized carbons (Fsp3) is 0.348. The minimum Gasteiger partial charge on any atom is -0.378 e. The zero-order valence-corrected chi connectivity index (χ0v) is 16.9. The Kier molecular flexibility index (Phi) is 4.64. The number of fused-ring (bicyclic) bond motifs is 1. The third-order valence-corrected chi connectivity index (χ3v) is 5.94. The molecule has 0 atom stereocenters. The van der Waals surface area contributed by atoms with Crippen molar-refractivity contribution in [2.75, 3.05) is 42.6 Å². The summed E-state index contributed by atoms with van der Waals surface area (Å²) in [5, 5.41) is 0. The van der Waals surface area contributed by atoms with E-state index in [-0.39, 0.29) is 0 Å². The minimum atomic E-state index is 0.716. The normalized spacial score (nSPS) is 16.2. The van der Waals surface area contributed by atoms with Crippen LogP contribution in [0.3, 0.4) is 0 Å². The van der Waals surface area contributed by atoms with Gasteiger partial charge in [-0.1, -0.05) is 18.2 Å². The lowest BCUT2D eigenvalue weighted by Crippen LogP contribution is -2.37. The smallest absolute Gasteiger partial charge is 0.228 e. The van der Waals surface area contributed by atoms with Crippen LogP contribution in [-0.2, 0) is 11.2 Å². The van der Waals surface area contributed by atoms with Gasteiger partial charge in [0.15, 0.2) is 0 Å². The second kappa shape index (κ2) is 7.44. The number of rotatable bonds is 3. The Morgan fingerprint density at radius 3 is 2.52 bits per heavy atom. The van der Waals surface area contributed by atoms with Crippen LogP contribution < -0.4 is 9.80 Å². The van der Waals surface area contributed by atoms with E-state index in [0.29, 0.717) is 13.2 Å². The van der Waals surface area contributed by atoms with Crippen LogP contribution in [0.25, 0.3) is 11.3 Å². The van der Waals surface area contributed by atoms with Crippen LogP contribution in [0, 0.1) is 13.8 Å². The lowest BCUT2D eigenvalue weighted by atomic mass is 9.97. The van der Waals surface area contributed by atoms with Gasteiger partial charge in [-0.3, -0.25) is 4.98 Å². The molecule has 29 heavy (non-hydrogen) atoms. The molecular weight excluding hydrogens is 362 g/mol. The summed E-state index contributed by atoms with van der Waals surface area (Å²) in [5.41, 5.74) is 7.18. The molecule has 5 rings (SSSR count). The third kappa shape index (κ3) is 3.23. The number of nitrogens with zero attached hydrogens (tertiary/aromatic N) is 5. The third-order valence-electron chi connectivity index (χ3n) is 5.94. The highest BCUT2D eigenvalue weighted by Crippen LogP contribution is 2.40. The Bertz CT molecular complexity index is 1030. The van der Waals surface area contributed by atoms with Gasteiger partial charge in [0.1, 0.15) is 5.82 Å². The van der Waals surface area contributed by atoms with Gasteiger partial charge in [0.2, 0.25) is 5.95 Å². The number of ether oxygens (including phenoxy) is 1. The second-order valence-electron chi connectivity index (χ2n) is 7.63. The van der Waals surface area contributed by atoms with Crippen molar-refractivity contribution in [3.8, 4) is 11.3 Å². The average Bonchev–Trinajstić information content (AvgIpc) is 3.20. The molecule has 0 spiro atoms. The maximum Gasteiger partial charge on any atom is 0.228 e. The van der Waals surface area contributed by atoms with Gasteiger partial charge >= 0.3 is 0 Å². The van der Waals surface area contributed by atoms with Crippen LogP contribution in [0.2, 0.25) is 0 Å². The Morgan fingerprint density at radius 1 is 0.931 bits per heavy atom. The Morgan fingerprint density at radius 2 is 1.72 bits per heavy atom. The maximum atomic E-state index is 5.54. The zero-order chi connectivity index (χ0) is 19.8. The van der Waals surface area contributed by atoms with Gasteiger partial charge < -0.3 is 14.5 Å². The maximum absolute atomic E-state index is 5.54. The van der Waals surface area contributed by atoms with Crippen molar-refractivity contribution in [2.24, 2.45) is 0 Å². The summed E-state index contributed by atoms with van der Waals surface area (Å²) >= 11 is 0. The van der Waals surface area contributed by atoms with E-state index in [4.69, 9.17) is 14.7 Å². The number of hydrogen-bond donors (Lipinski definition) is 0. The van der Waals surface area contributed by atoms with Gasteiger partial charge in [0, 0.05) is 48.8 Å². The van der Waals surface area contributed by atoms with Crippen LogP contribution in [0.4, 0.5) is 17.5 Å². The van der Waals surface area contributed by atoms with Gasteiger partial charge in [-0.2, -0.15) is 4.98 Å². The molecule has 2 aliphatic heterocycles. The van der Waals surface area contributed by atoms with Gasteiger partial charge in [0.25, 0.3) is 0 Å². The van der Waals surface area contributed by atoms with Gasteiger partial charge in [-0.15, -0.1) is 0 Å². The first-order valence-corrected chi connectivity index (χ1v) is 10.2. The number of morpholine rings is 1. The van der Waals surface area contributed by atoms with E-state index < -0.39 is 0 Å². The SMILES string of the molecule is Cc1cccc(-c2nc(N3CCOCC3)nc3c2CCN3c2ccncc2)c1C. The van der Waals surface area contributed by atoms with Gasteiger partial charge in [-0.25, -0.2) is 4.98 Å². The molecule has 0 saturated carbocycles. The zero-order valence-electron chi connectivity index (χ0n) is 16.9. The Hall–Kier alpha value is -2.99. The van der Waals surface area contributed by atoms with Gasteiger partial charge in [0.05, 0.1) is 18.9 Å². The predicted octanol–water partition coefficient (Wildman–Crippen LogP) is 3.69. The molecule has 2 aromatic heterocycles. The van der Waals surface area contributed by atoms with E-state index in [9.17, 15) is 0 Å². The van der Waals surface area contributed by atoms with Crippen LogP contribution in [-0.4, -0.2) is 47.8 Å². The average molecular weight is 387 g/mol. The fourth-order valence-electron chi connectivity index (χ4n) is 4.15. The van der Waals surface area contributed by atoms with Crippen molar-refractivity contribution < 1.29 is 4.74 Å². The van der Waals surface area contributed by atoms with Crippen molar-refractivity contribution in [3.63, 3.8) is 0 Å². The lowest BCUT2D eigenvalue weighted by molar-refractivity contribution is 0.122. The van der Waals surface area contributed by atoms with E-state index >= 15 is 0 Å². The highest BCUT2D eigenvalue weighted by Gasteiger charge is 2.29. The van der Waals surface area contributed by atoms with E-state index in [1.165, 1.54) is 22.3 Å². The molecule has 0 unspecified atom stereocenters. The standard InChI is InChI=1S/C23H25N5O/c1-16-4-3-5-19(17(16)2)21-20-8-11-28(18-6-9-24-10-7-18)22(20)26-23(25-21)27-12-14-29-15-13-27/h3-7,9-10H,8,11-15H2,1-2H3. The summed E-state index contributed by atoms with van der Waals surface area (Å²) in [4.78, 5) is 18.8. The molecule has 3 aromatic rings. The quantitative estimate of drug-likeness (QED) is 0.683. The summed E-state index contributed by atoms with van der Waals surface area (Å²) in [5.74, 6) is 1.81. The van der Waals surface area contributed by atoms with Crippen molar-refractivity contribution >= 4 is 17.5 Å². The number of aromatic nitrogens is 3. The molecule has 0 bridgehead atoms. The van der Waals surface area contributed by atoms with Gasteiger partial charge in [-0.05, 0) is 43.5 Å². The monoisotopic (exact) mass is 387 g/mol. The number of benzene rings is 1. The molecule has 1 aromatic carbocycles. The largest absolute Gasteiger partial charge is 0.378 e. The first-order valence-electron chi connectivity index (χ1n) is 10.2. The fourth-order valence-corrected chi connectivity index (χ4v) is 4.15. The van der Waals surface area contributed by atoms with Crippen molar-refractivity contribution in [1.29, 1.82) is 0 Å². The van der Waals surface area contributed by atoms with E-state index in [2.05, 4.69) is 46.8 Å². The molecule has 148 valence electrons. The second-order valence-corrected chi connectivity index (χ2v) is 7.63. The molecule has 0 aliphatic carbocycles. The van der Waals surface area contributed by atoms with Crippen LogP contribution in [0.5, 0.6) is 0 Å². The number of anilines is 3. The lowest BCUT2D eigenvalue weighted by Gasteiger charge is -2.28. The molecule has 2 aliphatic rings. The number of aryl methyl sites for hydroxylation is 1. The summed E-state index contributed by atoms with van der Waals surface area (Å²) in [6.45, 7) is 8.31. The van der Waals surface area contributed by atoms with Crippen molar-refractivity contribution in [2.45, 2.75) is 20.3 Å². The molecule has 0 N–H and O–H groups in total. The Balaban J connectivity index is 1.68. The van der Waals surface area contributed by atoms with Crippen LogP contribution >= 0.6 is 0 Å². The molecule has 6 nitrogen and oxygen atoms in total. The molecular formula is C23H25N5O. The summed E-state index contributed by atoms with van der Waals surface area (Å²) < 4.78 is 5.54. The van der Waals surface area contributed by atoms with Crippen molar-refractivity contribution in [3.05, 3.63) is 59.4 Å². The first-order chi connectivity index (χ1) is 14.2. The van der Waals surface area contributed by atoms with Crippen LogP contribution in [0.1, 0.15) is 16.7 Å². The molecule has 0 radical (unpaired) electrons. The molecule has 6 heteroatoms. The minimum absolute atomic E-state index is 0.716. The topological polar surface area (TPSA) is 54.4 Å². The highest BCUT2D eigenvalue weighted by molar-refractivity contribution is 5.78. The summed E-state index contributed by atoms with van der Waals surface area (Å²) in [6.07, 6.45) is 4.61.